The highest BCUT2D eigenvalue weighted by molar-refractivity contribution is 8.13. The molecule has 0 saturated carbocycles. The molecule has 0 spiro atoms. The Labute approximate surface area is 293 Å². The zero-order valence-electron chi connectivity index (χ0n) is 26.9. The number of carbonyl (C=O) groups is 3. The number of nitrogen functional groups attached to an aromatic ring is 1. The van der Waals surface area contributed by atoms with Crippen molar-refractivity contribution in [1.82, 2.24) is 30.2 Å². The van der Waals surface area contributed by atoms with Crippen LogP contribution in [0.4, 0.5) is 5.82 Å². The average Bonchev–Trinajstić information content (AvgIpc) is 3.57. The van der Waals surface area contributed by atoms with Crippen molar-refractivity contribution in [3.63, 3.8) is 0 Å². The van der Waals surface area contributed by atoms with Crippen molar-refractivity contribution in [2.45, 2.75) is 57.8 Å². The Morgan fingerprint density at radius 3 is 2.41 bits per heavy atom. The molecule has 7 atom stereocenters. The molecule has 0 aromatic carbocycles. The van der Waals surface area contributed by atoms with Gasteiger partial charge in [0.1, 0.15) is 36.3 Å². The van der Waals surface area contributed by atoms with Crippen molar-refractivity contribution in [3.8, 4) is 0 Å². The first-order valence-corrected chi connectivity index (χ1v) is 19.8. The summed E-state index contributed by atoms with van der Waals surface area (Å²) in [5, 5.41) is 25.9. The van der Waals surface area contributed by atoms with Crippen molar-refractivity contribution < 1.29 is 80.5 Å². The van der Waals surface area contributed by atoms with E-state index >= 15 is 0 Å². The van der Waals surface area contributed by atoms with Gasteiger partial charge in [0.25, 0.3) is 15.6 Å². The second kappa shape index (κ2) is 17.6. The second-order valence-corrected chi connectivity index (χ2v) is 16.7. The van der Waals surface area contributed by atoms with E-state index in [0.29, 0.717) is 5.75 Å². The van der Waals surface area contributed by atoms with Gasteiger partial charge in [-0.15, -0.1) is 0 Å². The van der Waals surface area contributed by atoms with E-state index in [-0.39, 0.29) is 41.6 Å². The van der Waals surface area contributed by atoms with Crippen molar-refractivity contribution in [2.75, 3.05) is 37.8 Å². The van der Waals surface area contributed by atoms with E-state index in [2.05, 4.69) is 43.5 Å². The molecular weight excluding hydrogens is 771 g/mol. The molecule has 1 aliphatic heterocycles. The Hall–Kier alpha value is -2.44. The van der Waals surface area contributed by atoms with Gasteiger partial charge in [-0.25, -0.2) is 19.3 Å². The minimum atomic E-state index is -5.90. The van der Waals surface area contributed by atoms with Gasteiger partial charge in [-0.1, -0.05) is 25.6 Å². The van der Waals surface area contributed by atoms with E-state index in [0.717, 1.165) is 29.0 Å². The van der Waals surface area contributed by atoms with Gasteiger partial charge in [0.2, 0.25) is 11.8 Å². The molecule has 6 N–H and O–H groups in total. The number of nitrogens with zero attached hydrogens (tertiary/aromatic N) is 4. The number of phosphoric ester groups is 3. The molecular formula is C23H34N7O17P3S-4. The molecule has 24 nitrogen and oxygen atoms in total. The quantitative estimate of drug-likeness (QED) is 0.0670. The summed E-state index contributed by atoms with van der Waals surface area (Å²) in [5.41, 5.74) is 4.07. The number of anilines is 1. The summed E-state index contributed by atoms with van der Waals surface area (Å²) in [6.07, 6.45) is -7.55. The van der Waals surface area contributed by atoms with Crippen molar-refractivity contribution in [3.05, 3.63) is 12.7 Å². The van der Waals surface area contributed by atoms with Gasteiger partial charge in [0, 0.05) is 37.6 Å². The fourth-order valence-electron chi connectivity index (χ4n) is 4.30. The average molecular weight is 806 g/mol. The summed E-state index contributed by atoms with van der Waals surface area (Å²) in [6.45, 7) is 1.49. The van der Waals surface area contributed by atoms with Crippen LogP contribution in [0.2, 0.25) is 0 Å². The van der Waals surface area contributed by atoms with Crippen LogP contribution >= 0.6 is 35.2 Å². The third-order valence-corrected chi connectivity index (χ3v) is 10.6. The topological polar surface area (TPSA) is 375 Å². The summed E-state index contributed by atoms with van der Waals surface area (Å²) in [6, 6.07) is 0. The predicted molar refractivity (Wildman–Crippen MR) is 164 cm³/mol. The van der Waals surface area contributed by atoms with Crippen LogP contribution < -0.4 is 35.9 Å². The maximum Gasteiger partial charge on any atom is 0.274 e. The first-order valence-electron chi connectivity index (χ1n) is 14.5. The Bertz CT molecular complexity index is 1710. The van der Waals surface area contributed by atoms with Crippen LogP contribution in [-0.4, -0.2) is 103 Å². The van der Waals surface area contributed by atoms with Gasteiger partial charge in [-0.05, 0) is 0 Å². The molecule has 0 aliphatic carbocycles. The van der Waals surface area contributed by atoms with E-state index in [9.17, 15) is 57.9 Å². The lowest BCUT2D eigenvalue weighted by Gasteiger charge is -2.36. The normalized spacial score (nSPS) is 22.6. The van der Waals surface area contributed by atoms with Crippen LogP contribution in [0.1, 0.15) is 33.4 Å². The van der Waals surface area contributed by atoms with E-state index < -0.39 is 84.6 Å². The summed E-state index contributed by atoms with van der Waals surface area (Å²) in [4.78, 5) is 94.3. The lowest BCUT2D eigenvalue weighted by Crippen LogP contribution is -2.46. The highest BCUT2D eigenvalue weighted by Gasteiger charge is 2.47. The van der Waals surface area contributed by atoms with Crippen molar-refractivity contribution >= 4 is 69.1 Å². The smallest absolute Gasteiger partial charge is 0.274 e. The standard InChI is InChI=1S/C23H38N7O17P3S/c1-12(31)51-7-6-25-14(32)4-5-26-21(35)18(34)23(2,3)9-44-50(41,42)47-49(39,40)43-8-13-17(46-48(36,37)38)16(33)22(45-13)30-11-29-15-19(24)27-10-28-20(15)30/h10-11,13,16-18,22,33-34H,4-9H2,1-3H3,(H,25,32)(H,26,35)(H,39,40)(H,41,42)(H2,24,27,28)(H2,36,37,38)/p-4/t13-,16?,17+,18-,22-/m1/s1. The zero-order valence-corrected chi connectivity index (χ0v) is 30.4. The van der Waals surface area contributed by atoms with Crippen molar-refractivity contribution in [1.29, 1.82) is 0 Å². The van der Waals surface area contributed by atoms with Gasteiger partial charge < -0.3 is 69.0 Å². The monoisotopic (exact) mass is 805 g/mol. The number of amides is 2. The third kappa shape index (κ3) is 12.9. The number of imidazole rings is 1. The number of thioether (sulfide) groups is 1. The Balaban J connectivity index is 1.55. The molecule has 3 unspecified atom stereocenters. The SMILES string of the molecule is CC(=O)SCCNC(=O)CCNC(=O)[C@@H](O)C(C)(C)COP(=O)([O-])OP(=O)([O-])OC[C@H]1O[C@@H](n2cnc3c(N)ncnc32)C(O)[C@H]1OP(=O)([O-])[O-]. The van der Waals surface area contributed by atoms with Crippen LogP contribution in [0.3, 0.4) is 0 Å². The fourth-order valence-corrected chi connectivity index (χ4v) is 7.53. The zero-order chi connectivity index (χ0) is 38.4. The predicted octanol–water partition coefficient (Wildman–Crippen LogP) is -3.84. The molecule has 51 heavy (non-hydrogen) atoms. The number of fused-ring (bicyclic) bond motifs is 1. The molecule has 1 fully saturated rings. The largest absolute Gasteiger partial charge is 0.790 e. The van der Waals surface area contributed by atoms with Gasteiger partial charge in [0.15, 0.2) is 22.8 Å². The van der Waals surface area contributed by atoms with Crippen LogP contribution in [-0.2, 0) is 50.7 Å². The lowest BCUT2D eigenvalue weighted by molar-refractivity contribution is -0.347. The maximum atomic E-state index is 12.4. The third-order valence-electron chi connectivity index (χ3n) is 6.78. The number of nitrogens with one attached hydrogen (secondary N) is 2. The molecule has 1 aliphatic rings. The fraction of sp³-hybridized carbons (Fsp3) is 0.652. The number of nitrogens with two attached hydrogens (primary N) is 1. The maximum absolute atomic E-state index is 12.4. The number of rotatable bonds is 19. The van der Waals surface area contributed by atoms with Crippen molar-refractivity contribution in [2.24, 2.45) is 5.41 Å². The number of hydrogen-bond acceptors (Lipinski definition) is 22. The minimum absolute atomic E-state index is 0.0209. The summed E-state index contributed by atoms with van der Waals surface area (Å²) in [7, 11) is -17.6. The van der Waals surface area contributed by atoms with E-state index in [1.807, 2.05) is 0 Å². The van der Waals surface area contributed by atoms with E-state index in [1.54, 1.807) is 0 Å². The molecule has 3 heterocycles. The number of hydrogen-bond donors (Lipinski definition) is 5. The lowest BCUT2D eigenvalue weighted by atomic mass is 9.87. The Morgan fingerprint density at radius 1 is 1.10 bits per heavy atom. The molecule has 0 bridgehead atoms. The first kappa shape index (κ1) is 43.0. The van der Waals surface area contributed by atoms with Gasteiger partial charge >= 0.3 is 0 Å². The summed E-state index contributed by atoms with van der Waals surface area (Å²) in [5.74, 6) is -1.19. The molecule has 2 amide bonds. The molecule has 0 radical (unpaired) electrons. The molecule has 288 valence electrons. The summed E-state index contributed by atoms with van der Waals surface area (Å²) >= 11 is 1.01. The van der Waals surface area contributed by atoms with Crippen LogP contribution in [0.25, 0.3) is 11.2 Å². The number of aliphatic hydroxyl groups excluding tert-OH is 2. The van der Waals surface area contributed by atoms with Crippen LogP contribution in [0.15, 0.2) is 12.7 Å². The van der Waals surface area contributed by atoms with Crippen LogP contribution in [0.5, 0.6) is 0 Å². The Morgan fingerprint density at radius 2 is 1.76 bits per heavy atom. The first-order chi connectivity index (χ1) is 23.5. The molecule has 2 aromatic heterocycles. The number of carbonyl (C=O) groups excluding carboxylic acids is 3. The number of phosphoric acid groups is 3. The number of ether oxygens (including phenoxy) is 1. The van der Waals surface area contributed by atoms with Gasteiger partial charge in [-0.2, -0.15) is 0 Å². The van der Waals surface area contributed by atoms with Gasteiger partial charge in [0.05, 0.1) is 27.4 Å². The molecule has 2 aromatic rings. The van der Waals surface area contributed by atoms with Crippen LogP contribution in [0, 0.1) is 5.41 Å². The highest BCUT2D eigenvalue weighted by atomic mass is 32.2. The number of aliphatic hydroxyl groups is 2. The highest BCUT2D eigenvalue weighted by Crippen LogP contribution is 2.56. The Kier molecular flexibility index (Phi) is 14.8. The molecule has 28 heteroatoms. The van der Waals surface area contributed by atoms with E-state index in [4.69, 9.17) is 10.5 Å². The van der Waals surface area contributed by atoms with E-state index in [1.165, 1.54) is 20.8 Å². The second-order valence-electron chi connectivity index (χ2n) is 11.3. The molecule has 3 rings (SSSR count). The molecule has 1 saturated heterocycles. The van der Waals surface area contributed by atoms with Gasteiger partial charge in [-0.3, -0.25) is 28.1 Å². The number of aromatic nitrogens is 4. The minimum Gasteiger partial charge on any atom is -0.790 e. The summed E-state index contributed by atoms with van der Waals surface area (Å²) < 4.78 is 60.2.